The van der Waals surface area contributed by atoms with Gasteiger partial charge in [0.25, 0.3) is 0 Å². The molecule has 0 heterocycles. The van der Waals surface area contributed by atoms with Crippen molar-refractivity contribution in [1.29, 1.82) is 0 Å². The maximum absolute atomic E-state index is 12.1. The molecule has 0 bridgehead atoms. The quantitative estimate of drug-likeness (QED) is 0.806. The second kappa shape index (κ2) is 5.23. The van der Waals surface area contributed by atoms with E-state index in [1.165, 1.54) is 43.2 Å². The summed E-state index contributed by atoms with van der Waals surface area (Å²) in [6.07, 6.45) is 8.11. The molecule has 1 aromatic rings. The molecule has 1 N–H and O–H groups in total. The number of aryl methyl sites for hydroxylation is 2. The van der Waals surface area contributed by atoms with Crippen LogP contribution in [0.3, 0.4) is 0 Å². The minimum Gasteiger partial charge on any atom is -0.314 e. The SMILES string of the molecule is O=C(CCNC1CC1)c1ccc2c(c1)CCCC2. The molecule has 0 aromatic heterocycles. The van der Waals surface area contributed by atoms with E-state index in [0.29, 0.717) is 12.5 Å². The molecule has 96 valence electrons. The fraction of sp³-hybridized carbons (Fsp3) is 0.562. The van der Waals surface area contributed by atoms with Crippen LogP contribution in [0.5, 0.6) is 0 Å². The van der Waals surface area contributed by atoms with Crippen molar-refractivity contribution in [2.75, 3.05) is 6.54 Å². The van der Waals surface area contributed by atoms with E-state index in [0.717, 1.165) is 18.5 Å². The summed E-state index contributed by atoms with van der Waals surface area (Å²) in [7, 11) is 0. The van der Waals surface area contributed by atoms with Gasteiger partial charge in [0, 0.05) is 24.6 Å². The lowest BCUT2D eigenvalue weighted by Crippen LogP contribution is -2.20. The van der Waals surface area contributed by atoms with Crippen molar-refractivity contribution in [1.82, 2.24) is 5.32 Å². The van der Waals surface area contributed by atoms with Crippen molar-refractivity contribution in [3.05, 3.63) is 34.9 Å². The Bertz CT molecular complexity index is 448. The molecule has 1 saturated carbocycles. The number of hydrogen-bond acceptors (Lipinski definition) is 2. The zero-order valence-corrected chi connectivity index (χ0v) is 10.9. The molecular formula is C16H21NO. The molecule has 2 aliphatic rings. The van der Waals surface area contributed by atoms with Gasteiger partial charge in [0.1, 0.15) is 0 Å². The smallest absolute Gasteiger partial charge is 0.164 e. The molecular weight excluding hydrogens is 222 g/mol. The van der Waals surface area contributed by atoms with Gasteiger partial charge in [-0.15, -0.1) is 0 Å². The Labute approximate surface area is 109 Å². The fourth-order valence-electron chi connectivity index (χ4n) is 2.73. The van der Waals surface area contributed by atoms with Gasteiger partial charge in [0.05, 0.1) is 0 Å². The van der Waals surface area contributed by atoms with Crippen LogP contribution >= 0.6 is 0 Å². The van der Waals surface area contributed by atoms with Crippen molar-refractivity contribution in [3.63, 3.8) is 0 Å². The lowest BCUT2D eigenvalue weighted by Gasteiger charge is -2.16. The monoisotopic (exact) mass is 243 g/mol. The van der Waals surface area contributed by atoms with Crippen LogP contribution in [0.1, 0.15) is 53.6 Å². The highest BCUT2D eigenvalue weighted by Crippen LogP contribution is 2.23. The Balaban J connectivity index is 1.61. The van der Waals surface area contributed by atoms with E-state index in [2.05, 4.69) is 17.4 Å². The Morgan fingerprint density at radius 1 is 1.17 bits per heavy atom. The molecule has 2 aliphatic carbocycles. The van der Waals surface area contributed by atoms with Gasteiger partial charge in [-0.1, -0.05) is 12.1 Å². The fourth-order valence-corrected chi connectivity index (χ4v) is 2.73. The third kappa shape index (κ3) is 2.81. The number of ketones is 1. The highest BCUT2D eigenvalue weighted by Gasteiger charge is 2.20. The second-order valence-corrected chi connectivity index (χ2v) is 5.59. The van der Waals surface area contributed by atoms with E-state index in [1.54, 1.807) is 0 Å². The predicted octanol–water partition coefficient (Wildman–Crippen LogP) is 2.89. The van der Waals surface area contributed by atoms with Gasteiger partial charge in [-0.3, -0.25) is 4.79 Å². The van der Waals surface area contributed by atoms with Gasteiger partial charge < -0.3 is 5.32 Å². The summed E-state index contributed by atoms with van der Waals surface area (Å²) in [5.74, 6) is 0.288. The Morgan fingerprint density at radius 2 is 1.94 bits per heavy atom. The lowest BCUT2D eigenvalue weighted by molar-refractivity contribution is 0.0982. The van der Waals surface area contributed by atoms with Crippen molar-refractivity contribution >= 4 is 5.78 Å². The number of benzene rings is 1. The molecule has 0 aliphatic heterocycles. The summed E-state index contributed by atoms with van der Waals surface area (Å²) in [4.78, 5) is 12.1. The van der Waals surface area contributed by atoms with E-state index in [9.17, 15) is 4.79 Å². The third-order valence-corrected chi connectivity index (χ3v) is 4.03. The molecule has 2 heteroatoms. The van der Waals surface area contributed by atoms with E-state index in [4.69, 9.17) is 0 Å². The van der Waals surface area contributed by atoms with Crippen LogP contribution in [0, 0.1) is 0 Å². The highest BCUT2D eigenvalue weighted by molar-refractivity contribution is 5.96. The number of Topliss-reactive ketones (excluding diaryl/α,β-unsaturated/α-hetero) is 1. The average Bonchev–Trinajstić information content (AvgIpc) is 3.22. The minimum atomic E-state index is 0.288. The second-order valence-electron chi connectivity index (χ2n) is 5.59. The standard InChI is InChI=1S/C16H21NO/c18-16(9-10-17-15-7-8-15)14-6-5-12-3-1-2-4-13(12)11-14/h5-6,11,15,17H,1-4,7-10H2. The first-order valence-electron chi connectivity index (χ1n) is 7.21. The molecule has 18 heavy (non-hydrogen) atoms. The molecule has 0 amide bonds. The molecule has 0 atom stereocenters. The summed E-state index contributed by atoms with van der Waals surface area (Å²) in [5, 5.41) is 3.40. The molecule has 0 radical (unpaired) electrons. The van der Waals surface area contributed by atoms with Crippen LogP contribution in [-0.2, 0) is 12.8 Å². The van der Waals surface area contributed by atoms with Crippen LogP contribution in [-0.4, -0.2) is 18.4 Å². The summed E-state index contributed by atoms with van der Waals surface area (Å²) in [6, 6.07) is 7.01. The number of carbonyl (C=O) groups excluding carboxylic acids is 1. The van der Waals surface area contributed by atoms with E-state index in [1.807, 2.05) is 6.07 Å². The Morgan fingerprint density at radius 3 is 2.72 bits per heavy atom. The summed E-state index contributed by atoms with van der Waals surface area (Å²) >= 11 is 0. The van der Waals surface area contributed by atoms with E-state index >= 15 is 0 Å². The number of hydrogen-bond donors (Lipinski definition) is 1. The van der Waals surface area contributed by atoms with Crippen LogP contribution < -0.4 is 5.32 Å². The molecule has 0 unspecified atom stereocenters. The van der Waals surface area contributed by atoms with Gasteiger partial charge in [-0.25, -0.2) is 0 Å². The maximum atomic E-state index is 12.1. The van der Waals surface area contributed by atoms with Crippen molar-refractivity contribution in [2.24, 2.45) is 0 Å². The molecule has 0 saturated heterocycles. The molecule has 1 aromatic carbocycles. The number of nitrogens with one attached hydrogen (secondary N) is 1. The zero-order valence-electron chi connectivity index (χ0n) is 10.9. The van der Waals surface area contributed by atoms with Gasteiger partial charge >= 0.3 is 0 Å². The number of carbonyl (C=O) groups is 1. The van der Waals surface area contributed by atoms with E-state index < -0.39 is 0 Å². The Hall–Kier alpha value is -1.15. The molecule has 2 nitrogen and oxygen atoms in total. The van der Waals surface area contributed by atoms with Crippen LogP contribution in [0.15, 0.2) is 18.2 Å². The molecule has 3 rings (SSSR count). The summed E-state index contributed by atoms with van der Waals surface area (Å²) < 4.78 is 0. The topological polar surface area (TPSA) is 29.1 Å². The van der Waals surface area contributed by atoms with E-state index in [-0.39, 0.29) is 5.78 Å². The minimum absolute atomic E-state index is 0.288. The van der Waals surface area contributed by atoms with Crippen LogP contribution in [0.2, 0.25) is 0 Å². The Kier molecular flexibility index (Phi) is 3.46. The summed E-state index contributed by atoms with van der Waals surface area (Å²) in [5.41, 5.74) is 3.77. The van der Waals surface area contributed by atoms with Crippen molar-refractivity contribution in [3.8, 4) is 0 Å². The molecule has 1 fully saturated rings. The van der Waals surface area contributed by atoms with Gasteiger partial charge in [-0.05, 0) is 55.7 Å². The lowest BCUT2D eigenvalue weighted by atomic mass is 9.89. The van der Waals surface area contributed by atoms with Crippen molar-refractivity contribution in [2.45, 2.75) is 51.0 Å². The third-order valence-electron chi connectivity index (χ3n) is 4.03. The molecule has 0 spiro atoms. The first-order valence-corrected chi connectivity index (χ1v) is 7.21. The zero-order chi connectivity index (χ0) is 12.4. The average molecular weight is 243 g/mol. The van der Waals surface area contributed by atoms with Gasteiger partial charge in [-0.2, -0.15) is 0 Å². The van der Waals surface area contributed by atoms with Crippen LogP contribution in [0.25, 0.3) is 0 Å². The van der Waals surface area contributed by atoms with Crippen molar-refractivity contribution < 1.29 is 4.79 Å². The normalized spacial score (nSPS) is 18.4. The van der Waals surface area contributed by atoms with Gasteiger partial charge in [0.2, 0.25) is 0 Å². The maximum Gasteiger partial charge on any atom is 0.164 e. The highest BCUT2D eigenvalue weighted by atomic mass is 16.1. The number of rotatable bonds is 5. The van der Waals surface area contributed by atoms with Gasteiger partial charge in [0.15, 0.2) is 5.78 Å². The van der Waals surface area contributed by atoms with Crippen LogP contribution in [0.4, 0.5) is 0 Å². The largest absolute Gasteiger partial charge is 0.314 e. The first-order chi connectivity index (χ1) is 8.83. The number of fused-ring (bicyclic) bond motifs is 1. The summed E-state index contributed by atoms with van der Waals surface area (Å²) in [6.45, 7) is 0.834. The first kappa shape index (κ1) is 11.9. The predicted molar refractivity (Wildman–Crippen MR) is 73.1 cm³/mol.